The molecule has 0 saturated heterocycles. The van der Waals surface area contributed by atoms with E-state index in [1.807, 2.05) is 12.3 Å². The monoisotopic (exact) mass is 344 g/mol. The average Bonchev–Trinajstić information content (AvgIpc) is 2.85. The first-order valence-electron chi connectivity index (χ1n) is 6.45. The van der Waals surface area contributed by atoms with Crippen LogP contribution in [-0.2, 0) is 23.0 Å². The number of thiazole rings is 1. The molecule has 21 heavy (non-hydrogen) atoms. The Balaban J connectivity index is 2.16. The van der Waals surface area contributed by atoms with Gasteiger partial charge in [-0.1, -0.05) is 12.1 Å². The van der Waals surface area contributed by atoms with Gasteiger partial charge >= 0.3 is 0 Å². The lowest BCUT2D eigenvalue weighted by atomic mass is 10.2. The zero-order valence-electron chi connectivity index (χ0n) is 11.9. The number of aryl methyl sites for hydroxylation is 2. The first-order chi connectivity index (χ1) is 9.93. The minimum absolute atomic E-state index is 0.274. The second kappa shape index (κ2) is 6.87. The molecule has 4 nitrogen and oxygen atoms in total. The Morgan fingerprint density at radius 2 is 1.95 bits per heavy atom. The number of hydrogen-bond acceptors (Lipinski definition) is 4. The van der Waals surface area contributed by atoms with E-state index in [0.29, 0.717) is 5.88 Å². The Hall–Kier alpha value is -0.950. The Kier molecular flexibility index (Phi) is 5.37. The number of nitrogens with zero attached hydrogens (tertiary/aromatic N) is 2. The maximum Gasteiger partial charge on any atom is 0.243 e. The number of sulfonamides is 1. The maximum absolute atomic E-state index is 12.5. The van der Waals surface area contributed by atoms with Gasteiger partial charge in [0.15, 0.2) is 0 Å². The molecule has 0 amide bonds. The van der Waals surface area contributed by atoms with Crippen molar-refractivity contribution in [2.75, 3.05) is 12.9 Å². The number of rotatable bonds is 6. The summed E-state index contributed by atoms with van der Waals surface area (Å²) in [6, 6.07) is 6.85. The van der Waals surface area contributed by atoms with E-state index in [-0.39, 0.29) is 11.4 Å². The molecule has 7 heteroatoms. The summed E-state index contributed by atoms with van der Waals surface area (Å²) in [6.45, 7) is 2.17. The van der Waals surface area contributed by atoms with Crippen molar-refractivity contribution in [2.24, 2.45) is 0 Å². The molecule has 1 aromatic carbocycles. The molecule has 0 aliphatic rings. The van der Waals surface area contributed by atoms with E-state index in [0.717, 1.165) is 22.7 Å². The second-order valence-electron chi connectivity index (χ2n) is 4.70. The molecule has 2 aromatic rings. The van der Waals surface area contributed by atoms with Crippen LogP contribution in [0.15, 0.2) is 34.5 Å². The van der Waals surface area contributed by atoms with Crippen LogP contribution in [0.5, 0.6) is 0 Å². The van der Waals surface area contributed by atoms with Crippen LogP contribution in [0.25, 0.3) is 0 Å². The number of alkyl halides is 1. The zero-order chi connectivity index (χ0) is 15.5. The first-order valence-corrected chi connectivity index (χ1v) is 9.31. The van der Waals surface area contributed by atoms with Crippen molar-refractivity contribution in [1.29, 1.82) is 0 Å². The van der Waals surface area contributed by atoms with Crippen LogP contribution >= 0.6 is 22.9 Å². The fraction of sp³-hybridized carbons (Fsp3) is 0.357. The van der Waals surface area contributed by atoms with E-state index >= 15 is 0 Å². The molecule has 114 valence electrons. The van der Waals surface area contributed by atoms with Crippen molar-refractivity contribution in [3.63, 3.8) is 0 Å². The van der Waals surface area contributed by atoms with Gasteiger partial charge in [-0.3, -0.25) is 0 Å². The summed E-state index contributed by atoms with van der Waals surface area (Å²) in [5.74, 6) is 0.523. The summed E-state index contributed by atoms with van der Waals surface area (Å²) in [7, 11) is -1.93. The average molecular weight is 345 g/mol. The van der Waals surface area contributed by atoms with Crippen LogP contribution < -0.4 is 0 Å². The molecule has 1 aromatic heterocycles. The van der Waals surface area contributed by atoms with Gasteiger partial charge in [-0.05, 0) is 31.0 Å². The topological polar surface area (TPSA) is 50.3 Å². The van der Waals surface area contributed by atoms with Crippen LogP contribution in [0, 0.1) is 6.92 Å². The molecule has 0 radical (unpaired) electrons. The molecular weight excluding hydrogens is 328 g/mol. The van der Waals surface area contributed by atoms with Crippen LogP contribution in [0.3, 0.4) is 0 Å². The Labute approximate surface area is 134 Å². The fourth-order valence-corrected chi connectivity index (χ4v) is 3.88. The van der Waals surface area contributed by atoms with Crippen molar-refractivity contribution >= 4 is 33.0 Å². The van der Waals surface area contributed by atoms with Gasteiger partial charge in [0.1, 0.15) is 0 Å². The third-order valence-electron chi connectivity index (χ3n) is 3.07. The third kappa shape index (κ3) is 4.03. The maximum atomic E-state index is 12.5. The van der Waals surface area contributed by atoms with E-state index in [9.17, 15) is 8.42 Å². The first kappa shape index (κ1) is 16.4. The van der Waals surface area contributed by atoms with Gasteiger partial charge in [0.25, 0.3) is 0 Å². The summed E-state index contributed by atoms with van der Waals surface area (Å²) in [5, 5.41) is 2.81. The number of aromatic nitrogens is 1. The van der Waals surface area contributed by atoms with Crippen LogP contribution in [-0.4, -0.2) is 30.6 Å². The lowest BCUT2D eigenvalue weighted by Gasteiger charge is -2.16. The number of benzene rings is 1. The number of halogens is 1. The van der Waals surface area contributed by atoms with E-state index in [4.69, 9.17) is 11.6 Å². The molecule has 0 aliphatic carbocycles. The van der Waals surface area contributed by atoms with E-state index in [1.54, 1.807) is 31.3 Å². The summed E-state index contributed by atoms with van der Waals surface area (Å²) >= 11 is 7.19. The molecule has 0 spiro atoms. The third-order valence-corrected chi connectivity index (χ3v) is 5.89. The highest BCUT2D eigenvalue weighted by atomic mass is 35.5. The minimum Gasteiger partial charge on any atom is -0.245 e. The molecule has 0 aliphatic heterocycles. The summed E-state index contributed by atoms with van der Waals surface area (Å²) in [4.78, 5) is 4.58. The van der Waals surface area contributed by atoms with Crippen LogP contribution in [0.4, 0.5) is 0 Å². The SMILES string of the molecule is Cc1nc(CN(C)S(=O)(=O)c2ccc(CCCl)cc2)cs1. The van der Waals surface area contributed by atoms with E-state index in [1.165, 1.54) is 15.6 Å². The number of hydrogen-bond donors (Lipinski definition) is 0. The molecule has 0 N–H and O–H groups in total. The smallest absolute Gasteiger partial charge is 0.243 e. The predicted molar refractivity (Wildman–Crippen MR) is 86.4 cm³/mol. The summed E-state index contributed by atoms with van der Waals surface area (Å²) in [6.07, 6.45) is 0.732. The molecule has 2 rings (SSSR count). The quantitative estimate of drug-likeness (QED) is 0.757. The Morgan fingerprint density at radius 1 is 1.29 bits per heavy atom. The van der Waals surface area contributed by atoms with Gasteiger partial charge in [-0.15, -0.1) is 22.9 Å². The highest BCUT2D eigenvalue weighted by Gasteiger charge is 2.21. The molecule has 0 bridgehead atoms. The zero-order valence-corrected chi connectivity index (χ0v) is 14.3. The fourth-order valence-electron chi connectivity index (χ4n) is 1.91. The Morgan fingerprint density at radius 3 is 2.48 bits per heavy atom. The van der Waals surface area contributed by atoms with Gasteiger partial charge in [0, 0.05) is 18.3 Å². The van der Waals surface area contributed by atoms with Crippen molar-refractivity contribution in [3.8, 4) is 0 Å². The summed E-state index contributed by atoms with van der Waals surface area (Å²) in [5.41, 5.74) is 1.80. The standard InChI is InChI=1S/C14H17ClN2O2S2/c1-11-16-13(10-20-11)9-17(2)21(18,19)14-5-3-12(4-6-14)7-8-15/h3-6,10H,7-9H2,1-2H3. The lowest BCUT2D eigenvalue weighted by Crippen LogP contribution is -2.26. The molecule has 0 fully saturated rings. The minimum atomic E-state index is -3.49. The molecule has 0 atom stereocenters. The predicted octanol–water partition coefficient (Wildman–Crippen LogP) is 3.05. The van der Waals surface area contributed by atoms with Crippen molar-refractivity contribution in [1.82, 2.24) is 9.29 Å². The highest BCUT2D eigenvalue weighted by molar-refractivity contribution is 7.89. The second-order valence-corrected chi connectivity index (χ2v) is 8.19. The van der Waals surface area contributed by atoms with E-state index < -0.39 is 10.0 Å². The van der Waals surface area contributed by atoms with Crippen molar-refractivity contribution in [2.45, 2.75) is 24.8 Å². The van der Waals surface area contributed by atoms with Gasteiger partial charge in [0.05, 0.1) is 22.1 Å². The van der Waals surface area contributed by atoms with Crippen LogP contribution in [0.2, 0.25) is 0 Å². The van der Waals surface area contributed by atoms with Crippen molar-refractivity contribution in [3.05, 3.63) is 45.9 Å². The van der Waals surface area contributed by atoms with Gasteiger partial charge in [-0.2, -0.15) is 4.31 Å². The van der Waals surface area contributed by atoms with Gasteiger partial charge < -0.3 is 0 Å². The highest BCUT2D eigenvalue weighted by Crippen LogP contribution is 2.18. The molecule has 1 heterocycles. The Bertz CT molecular complexity index is 696. The largest absolute Gasteiger partial charge is 0.245 e. The normalized spacial score (nSPS) is 12.0. The summed E-state index contributed by atoms with van der Waals surface area (Å²) < 4.78 is 26.3. The van der Waals surface area contributed by atoms with Gasteiger partial charge in [0.2, 0.25) is 10.0 Å². The molecule has 0 unspecified atom stereocenters. The van der Waals surface area contributed by atoms with Gasteiger partial charge in [-0.25, -0.2) is 13.4 Å². The van der Waals surface area contributed by atoms with Crippen LogP contribution in [0.1, 0.15) is 16.3 Å². The van der Waals surface area contributed by atoms with Crippen molar-refractivity contribution < 1.29 is 8.42 Å². The molecule has 0 saturated carbocycles. The lowest BCUT2D eigenvalue weighted by molar-refractivity contribution is 0.463. The van der Waals surface area contributed by atoms with E-state index in [2.05, 4.69) is 4.98 Å². The molecular formula is C14H17ClN2O2S2.